The van der Waals surface area contributed by atoms with E-state index in [0.29, 0.717) is 17.1 Å². The van der Waals surface area contributed by atoms with Crippen LogP contribution >= 0.6 is 0 Å². The largest absolute Gasteiger partial charge is 0.454 e. The van der Waals surface area contributed by atoms with Crippen molar-refractivity contribution in [1.82, 2.24) is 20.2 Å². The minimum atomic E-state index is -1.37. The quantitative estimate of drug-likeness (QED) is 0.420. The van der Waals surface area contributed by atoms with Crippen LogP contribution in [0.2, 0.25) is 0 Å². The molecule has 0 aliphatic carbocycles. The number of H-pyrrole nitrogens is 1. The van der Waals surface area contributed by atoms with Gasteiger partial charge in [0.2, 0.25) is 0 Å². The van der Waals surface area contributed by atoms with Gasteiger partial charge in [-0.2, -0.15) is 5.10 Å². The summed E-state index contributed by atoms with van der Waals surface area (Å²) in [5, 5.41) is 17.3. The minimum Gasteiger partial charge on any atom is -0.454 e. The highest BCUT2D eigenvalue weighted by atomic mass is 19.1. The molecule has 0 saturated heterocycles. The normalized spacial score (nSPS) is 11.7. The van der Waals surface area contributed by atoms with Crippen molar-refractivity contribution in [3.63, 3.8) is 0 Å². The van der Waals surface area contributed by atoms with Crippen LogP contribution in [0.25, 0.3) is 11.0 Å². The number of nitrogens with zero attached hydrogens (tertiary/aromatic N) is 4. The first-order valence-corrected chi connectivity index (χ1v) is 9.38. The number of aromatic nitrogens is 4. The summed E-state index contributed by atoms with van der Waals surface area (Å²) in [6, 6.07) is 4.26. The number of nitrogens with one attached hydrogen (secondary N) is 1. The smallest absolute Gasteiger partial charge is 0.168 e. The second kappa shape index (κ2) is 8.08. The number of fused-ring (bicyclic) bond motifs is 1. The van der Waals surface area contributed by atoms with E-state index < -0.39 is 40.3 Å². The number of hydrogen-bond donors (Lipinski definition) is 2. The maximum atomic E-state index is 15.2. The molecule has 0 unspecified atom stereocenters. The Hall–Kier alpha value is -3.73. The van der Waals surface area contributed by atoms with Crippen molar-refractivity contribution in [2.75, 3.05) is 11.4 Å². The Labute approximate surface area is 179 Å². The zero-order valence-corrected chi connectivity index (χ0v) is 16.9. The molecule has 2 aromatic heterocycles. The predicted molar refractivity (Wildman–Crippen MR) is 108 cm³/mol. The summed E-state index contributed by atoms with van der Waals surface area (Å²) in [7, 11) is 0. The van der Waals surface area contributed by atoms with Crippen LogP contribution in [0.5, 0.6) is 11.5 Å². The van der Waals surface area contributed by atoms with Crippen molar-refractivity contribution in [1.29, 1.82) is 0 Å². The average Bonchev–Trinajstić information content (AvgIpc) is 3.17. The summed E-state index contributed by atoms with van der Waals surface area (Å²) in [6.07, 6.45) is 2.59. The molecular weight excluding hydrogens is 430 g/mol. The lowest BCUT2D eigenvalue weighted by atomic mass is 10.1. The van der Waals surface area contributed by atoms with Crippen molar-refractivity contribution < 1.29 is 27.4 Å². The van der Waals surface area contributed by atoms with Crippen LogP contribution in [0, 0.1) is 23.3 Å². The molecule has 0 bridgehead atoms. The molecule has 7 nitrogen and oxygen atoms in total. The van der Waals surface area contributed by atoms with Crippen LogP contribution in [-0.2, 0) is 0 Å². The molecule has 2 heterocycles. The lowest BCUT2D eigenvalue weighted by molar-refractivity contribution is 0.0895. The summed E-state index contributed by atoms with van der Waals surface area (Å²) >= 11 is 0. The molecule has 0 aliphatic rings. The Morgan fingerprint density at radius 1 is 1.03 bits per heavy atom. The van der Waals surface area contributed by atoms with E-state index in [4.69, 9.17) is 4.74 Å². The van der Waals surface area contributed by atoms with Gasteiger partial charge in [-0.15, -0.1) is 0 Å². The van der Waals surface area contributed by atoms with Crippen molar-refractivity contribution in [3.8, 4) is 11.5 Å². The molecule has 4 aromatic rings. The van der Waals surface area contributed by atoms with Crippen LogP contribution in [0.3, 0.4) is 0 Å². The Morgan fingerprint density at radius 3 is 2.41 bits per heavy atom. The molecule has 0 radical (unpaired) electrons. The summed E-state index contributed by atoms with van der Waals surface area (Å²) < 4.78 is 62.4. The van der Waals surface area contributed by atoms with Crippen molar-refractivity contribution >= 4 is 22.5 Å². The van der Waals surface area contributed by atoms with Crippen LogP contribution in [-0.4, -0.2) is 37.4 Å². The number of benzene rings is 2. The molecule has 2 aromatic carbocycles. The molecule has 0 saturated carbocycles. The number of halogens is 4. The third-order valence-electron chi connectivity index (χ3n) is 4.41. The number of rotatable bonds is 6. The summed E-state index contributed by atoms with van der Waals surface area (Å²) in [4.78, 5) is 9.29. The highest BCUT2D eigenvalue weighted by molar-refractivity contribution is 5.89. The minimum absolute atomic E-state index is 0.113. The second-order valence-electron chi connectivity index (χ2n) is 7.64. The van der Waals surface area contributed by atoms with Gasteiger partial charge in [0.1, 0.15) is 29.4 Å². The van der Waals surface area contributed by atoms with Gasteiger partial charge in [-0.05, 0) is 26.0 Å². The van der Waals surface area contributed by atoms with Crippen molar-refractivity contribution in [2.45, 2.75) is 19.4 Å². The average molecular weight is 447 g/mol. The molecule has 32 heavy (non-hydrogen) atoms. The van der Waals surface area contributed by atoms with E-state index in [-0.39, 0.29) is 18.1 Å². The number of ether oxygens (including phenoxy) is 1. The van der Waals surface area contributed by atoms with Gasteiger partial charge in [-0.25, -0.2) is 27.5 Å². The monoisotopic (exact) mass is 447 g/mol. The number of aromatic amines is 1. The molecule has 4 rings (SSSR count). The fourth-order valence-corrected chi connectivity index (χ4v) is 3.16. The molecule has 0 spiro atoms. The first-order chi connectivity index (χ1) is 15.1. The predicted octanol–water partition coefficient (Wildman–Crippen LogP) is 4.61. The van der Waals surface area contributed by atoms with Gasteiger partial charge in [0, 0.05) is 18.2 Å². The zero-order valence-electron chi connectivity index (χ0n) is 16.9. The number of anilines is 2. The summed E-state index contributed by atoms with van der Waals surface area (Å²) in [5.74, 6) is -4.58. The number of aliphatic hydroxyl groups is 1. The first-order valence-electron chi connectivity index (χ1n) is 9.38. The highest BCUT2D eigenvalue weighted by Gasteiger charge is 2.28. The first kappa shape index (κ1) is 21.5. The third kappa shape index (κ3) is 4.33. The Balaban J connectivity index is 1.79. The SMILES string of the molecule is CC(C)(O)CN(c1c(F)cc(Oc2ccc(F)cc2F)cc1F)c1ncnc2[nH]ncc12. The van der Waals surface area contributed by atoms with Crippen molar-refractivity contribution in [2.24, 2.45) is 0 Å². The topological polar surface area (TPSA) is 87.2 Å². The van der Waals surface area contributed by atoms with Crippen LogP contribution in [0.15, 0.2) is 42.9 Å². The van der Waals surface area contributed by atoms with E-state index in [9.17, 15) is 13.9 Å². The number of hydrogen-bond acceptors (Lipinski definition) is 6. The molecule has 166 valence electrons. The summed E-state index contributed by atoms with van der Waals surface area (Å²) in [6.45, 7) is 2.71. The fourth-order valence-electron chi connectivity index (χ4n) is 3.16. The highest BCUT2D eigenvalue weighted by Crippen LogP contribution is 2.37. The Bertz CT molecular complexity index is 1270. The van der Waals surface area contributed by atoms with Crippen molar-refractivity contribution in [3.05, 3.63) is 66.1 Å². The van der Waals surface area contributed by atoms with E-state index >= 15 is 8.78 Å². The van der Waals surface area contributed by atoms with E-state index in [2.05, 4.69) is 20.2 Å². The zero-order chi connectivity index (χ0) is 23.0. The van der Waals surface area contributed by atoms with Gasteiger partial charge in [-0.3, -0.25) is 5.10 Å². The lowest BCUT2D eigenvalue weighted by Gasteiger charge is -2.30. The summed E-state index contributed by atoms with van der Waals surface area (Å²) in [5.41, 5.74) is -1.55. The van der Waals surface area contributed by atoms with E-state index in [1.807, 2.05) is 0 Å². The van der Waals surface area contributed by atoms with Gasteiger partial charge < -0.3 is 14.7 Å². The van der Waals surface area contributed by atoms with Gasteiger partial charge in [0.25, 0.3) is 0 Å². The molecule has 11 heteroatoms. The Kier molecular flexibility index (Phi) is 5.43. The Morgan fingerprint density at radius 2 is 1.75 bits per heavy atom. The van der Waals surface area contributed by atoms with Crippen LogP contribution < -0.4 is 9.64 Å². The van der Waals surface area contributed by atoms with Gasteiger partial charge >= 0.3 is 0 Å². The second-order valence-corrected chi connectivity index (χ2v) is 7.64. The standard InChI is InChI=1S/C21H17F4N5O2/c1-21(2,31)9-30(20-13-8-28-29-19(13)26-10-27-20)18-15(24)6-12(7-16(18)25)32-17-4-3-11(22)5-14(17)23/h3-8,10,31H,9H2,1-2H3,(H,26,27,28,29). The van der Waals surface area contributed by atoms with Gasteiger partial charge in [0.05, 0.1) is 23.7 Å². The van der Waals surface area contributed by atoms with Crippen LogP contribution in [0.4, 0.5) is 29.1 Å². The van der Waals surface area contributed by atoms with E-state index in [1.165, 1.54) is 26.4 Å². The fraction of sp³-hybridized carbons (Fsp3) is 0.190. The third-order valence-corrected chi connectivity index (χ3v) is 4.41. The molecule has 0 amide bonds. The molecular formula is C21H17F4N5O2. The van der Waals surface area contributed by atoms with E-state index in [0.717, 1.165) is 29.2 Å². The molecule has 0 fully saturated rings. The maximum absolute atomic E-state index is 15.2. The lowest BCUT2D eigenvalue weighted by Crippen LogP contribution is -2.37. The molecule has 0 atom stereocenters. The van der Waals surface area contributed by atoms with Gasteiger partial charge in [-0.1, -0.05) is 0 Å². The van der Waals surface area contributed by atoms with E-state index in [1.54, 1.807) is 0 Å². The molecule has 0 aliphatic heterocycles. The molecule has 2 N–H and O–H groups in total. The van der Waals surface area contributed by atoms with Crippen LogP contribution in [0.1, 0.15) is 13.8 Å². The maximum Gasteiger partial charge on any atom is 0.168 e. The van der Waals surface area contributed by atoms with Gasteiger partial charge in [0.15, 0.2) is 28.8 Å².